The molecule has 2 bridgehead atoms. The van der Waals surface area contributed by atoms with Crippen molar-refractivity contribution in [1.82, 2.24) is 10.2 Å². The molecule has 3 fully saturated rings. The van der Waals surface area contributed by atoms with E-state index in [2.05, 4.69) is 24.2 Å². The van der Waals surface area contributed by atoms with Gasteiger partial charge in [0, 0.05) is 18.1 Å². The summed E-state index contributed by atoms with van der Waals surface area (Å²) in [6.45, 7) is 3.64. The van der Waals surface area contributed by atoms with Crippen molar-refractivity contribution in [3.8, 4) is 0 Å². The summed E-state index contributed by atoms with van der Waals surface area (Å²) in [5.41, 5.74) is 0. The molecule has 1 N–H and O–H groups in total. The van der Waals surface area contributed by atoms with Crippen LogP contribution in [0.5, 0.6) is 0 Å². The molecule has 4 atom stereocenters. The number of hydrogen-bond donors (Lipinski definition) is 1. The van der Waals surface area contributed by atoms with Crippen LogP contribution in [0.25, 0.3) is 0 Å². The third-order valence-corrected chi connectivity index (χ3v) is 6.01. The minimum atomic E-state index is 0.840. The number of piperidine rings is 1. The second-order valence-corrected chi connectivity index (χ2v) is 7.08. The van der Waals surface area contributed by atoms with Crippen LogP contribution in [0.3, 0.4) is 0 Å². The quantitative estimate of drug-likeness (QED) is 0.825. The highest BCUT2D eigenvalue weighted by Crippen LogP contribution is 2.37. The third-order valence-electron chi connectivity index (χ3n) is 6.01. The molecule has 0 aromatic heterocycles. The first-order valence-electron chi connectivity index (χ1n) is 8.21. The molecular formula is C16H30N2. The molecule has 3 rings (SSSR count). The van der Waals surface area contributed by atoms with Gasteiger partial charge in [0.15, 0.2) is 0 Å². The topological polar surface area (TPSA) is 15.3 Å². The van der Waals surface area contributed by atoms with Crippen molar-refractivity contribution in [2.45, 2.75) is 76.4 Å². The van der Waals surface area contributed by atoms with Gasteiger partial charge in [-0.2, -0.15) is 0 Å². The lowest BCUT2D eigenvalue weighted by molar-refractivity contribution is 0.131. The van der Waals surface area contributed by atoms with Crippen LogP contribution >= 0.6 is 0 Å². The fraction of sp³-hybridized carbons (Fsp3) is 1.00. The molecule has 2 heteroatoms. The molecular weight excluding hydrogens is 220 g/mol. The zero-order valence-electron chi connectivity index (χ0n) is 12.2. The highest BCUT2D eigenvalue weighted by atomic mass is 15.2. The van der Waals surface area contributed by atoms with Gasteiger partial charge < -0.3 is 10.2 Å². The molecule has 0 aromatic carbocycles. The second kappa shape index (κ2) is 5.50. The zero-order chi connectivity index (χ0) is 12.5. The normalized spacial score (nSPS) is 44.7. The largest absolute Gasteiger partial charge is 0.314 e. The molecule has 0 amide bonds. The molecule has 2 nitrogen and oxygen atoms in total. The summed E-state index contributed by atoms with van der Waals surface area (Å²) < 4.78 is 0. The average Bonchev–Trinajstić information content (AvgIpc) is 2.90. The first-order chi connectivity index (χ1) is 8.76. The summed E-state index contributed by atoms with van der Waals surface area (Å²) in [4.78, 5) is 2.65. The third kappa shape index (κ3) is 2.60. The average molecular weight is 250 g/mol. The molecule has 0 aromatic rings. The predicted molar refractivity (Wildman–Crippen MR) is 76.7 cm³/mol. The summed E-state index contributed by atoms with van der Waals surface area (Å²) in [6, 6.07) is 2.65. The number of nitrogens with zero attached hydrogens (tertiary/aromatic N) is 1. The summed E-state index contributed by atoms with van der Waals surface area (Å²) in [6.07, 6.45) is 11.5. The summed E-state index contributed by atoms with van der Waals surface area (Å²) in [5, 5.41) is 3.88. The highest BCUT2D eigenvalue weighted by molar-refractivity contribution is 4.94. The van der Waals surface area contributed by atoms with E-state index in [0.717, 1.165) is 30.0 Å². The Balaban J connectivity index is 1.42. The van der Waals surface area contributed by atoms with E-state index in [4.69, 9.17) is 0 Å². The van der Waals surface area contributed by atoms with Gasteiger partial charge >= 0.3 is 0 Å². The molecule has 0 spiro atoms. The number of hydrogen-bond acceptors (Lipinski definition) is 2. The lowest BCUT2D eigenvalue weighted by Crippen LogP contribution is -2.43. The van der Waals surface area contributed by atoms with E-state index in [0.29, 0.717) is 0 Å². The first kappa shape index (κ1) is 12.9. The molecule has 0 radical (unpaired) electrons. The van der Waals surface area contributed by atoms with Gasteiger partial charge in [0.25, 0.3) is 0 Å². The minimum absolute atomic E-state index is 0.840. The van der Waals surface area contributed by atoms with E-state index in [1.54, 1.807) is 0 Å². The zero-order valence-corrected chi connectivity index (χ0v) is 12.2. The van der Waals surface area contributed by atoms with Gasteiger partial charge in [-0.05, 0) is 70.4 Å². The maximum absolute atomic E-state index is 3.88. The fourth-order valence-electron chi connectivity index (χ4n) is 4.66. The second-order valence-electron chi connectivity index (χ2n) is 7.08. The molecule has 1 saturated carbocycles. The predicted octanol–water partition coefficient (Wildman–Crippen LogP) is 3.03. The monoisotopic (exact) mass is 250 g/mol. The summed E-state index contributed by atoms with van der Waals surface area (Å²) >= 11 is 0. The number of nitrogens with one attached hydrogen (secondary N) is 1. The van der Waals surface area contributed by atoms with E-state index in [1.165, 1.54) is 57.9 Å². The van der Waals surface area contributed by atoms with E-state index in [9.17, 15) is 0 Å². The molecule has 3 aliphatic rings. The standard InChI is InChI=1S/C16H30N2/c1-3-12-4-5-14(8-12)17-11-13-9-15-6-7-16(10-13)18(15)2/h12-17H,3-11H2,1-2H3. The van der Waals surface area contributed by atoms with Crippen LogP contribution in [0.1, 0.15) is 58.3 Å². The van der Waals surface area contributed by atoms with E-state index in [1.807, 2.05) is 0 Å². The molecule has 18 heavy (non-hydrogen) atoms. The van der Waals surface area contributed by atoms with Crippen molar-refractivity contribution < 1.29 is 0 Å². The Kier molecular flexibility index (Phi) is 3.95. The van der Waals surface area contributed by atoms with E-state index < -0.39 is 0 Å². The lowest BCUT2D eigenvalue weighted by atomic mass is 9.91. The van der Waals surface area contributed by atoms with Gasteiger partial charge in [-0.15, -0.1) is 0 Å². The van der Waals surface area contributed by atoms with Crippen molar-refractivity contribution >= 4 is 0 Å². The molecule has 4 unspecified atom stereocenters. The van der Waals surface area contributed by atoms with Gasteiger partial charge in [-0.1, -0.05) is 13.3 Å². The van der Waals surface area contributed by atoms with E-state index in [-0.39, 0.29) is 0 Å². The Bertz CT molecular complexity index is 264. The molecule has 2 aliphatic heterocycles. The molecule has 2 heterocycles. The van der Waals surface area contributed by atoms with Crippen LogP contribution in [0.4, 0.5) is 0 Å². The Morgan fingerprint density at radius 2 is 1.67 bits per heavy atom. The SMILES string of the molecule is CCC1CCC(NCC2CC3CCC(C2)N3C)C1. The van der Waals surface area contributed by atoms with Gasteiger partial charge in [0.2, 0.25) is 0 Å². The number of rotatable bonds is 4. The Hall–Kier alpha value is -0.0800. The minimum Gasteiger partial charge on any atom is -0.314 e. The Morgan fingerprint density at radius 3 is 2.28 bits per heavy atom. The van der Waals surface area contributed by atoms with Crippen molar-refractivity contribution in [2.24, 2.45) is 11.8 Å². The molecule has 2 saturated heterocycles. The van der Waals surface area contributed by atoms with Crippen molar-refractivity contribution in [3.05, 3.63) is 0 Å². The lowest BCUT2D eigenvalue weighted by Gasteiger charge is -2.36. The smallest absolute Gasteiger partial charge is 0.00988 e. The fourth-order valence-corrected chi connectivity index (χ4v) is 4.66. The first-order valence-corrected chi connectivity index (χ1v) is 8.21. The van der Waals surface area contributed by atoms with Crippen molar-refractivity contribution in [3.63, 3.8) is 0 Å². The Labute approximate surface area is 113 Å². The molecule has 1 aliphatic carbocycles. The molecule has 104 valence electrons. The van der Waals surface area contributed by atoms with Crippen LogP contribution in [0.15, 0.2) is 0 Å². The maximum atomic E-state index is 3.88. The van der Waals surface area contributed by atoms with Gasteiger partial charge in [0.1, 0.15) is 0 Å². The number of fused-ring (bicyclic) bond motifs is 2. The summed E-state index contributed by atoms with van der Waals surface area (Å²) in [7, 11) is 2.34. The maximum Gasteiger partial charge on any atom is 0.00988 e. The van der Waals surface area contributed by atoms with Crippen molar-refractivity contribution in [2.75, 3.05) is 13.6 Å². The van der Waals surface area contributed by atoms with Gasteiger partial charge in [-0.3, -0.25) is 0 Å². The van der Waals surface area contributed by atoms with Gasteiger partial charge in [0.05, 0.1) is 0 Å². The van der Waals surface area contributed by atoms with Crippen molar-refractivity contribution in [1.29, 1.82) is 0 Å². The van der Waals surface area contributed by atoms with Crippen LogP contribution in [-0.4, -0.2) is 36.6 Å². The van der Waals surface area contributed by atoms with Crippen LogP contribution in [-0.2, 0) is 0 Å². The van der Waals surface area contributed by atoms with Gasteiger partial charge in [-0.25, -0.2) is 0 Å². The van der Waals surface area contributed by atoms with Crippen LogP contribution < -0.4 is 5.32 Å². The van der Waals surface area contributed by atoms with E-state index >= 15 is 0 Å². The Morgan fingerprint density at radius 1 is 0.944 bits per heavy atom. The highest BCUT2D eigenvalue weighted by Gasteiger charge is 2.38. The van der Waals surface area contributed by atoms with Crippen LogP contribution in [0.2, 0.25) is 0 Å². The van der Waals surface area contributed by atoms with Crippen LogP contribution in [0, 0.1) is 11.8 Å². The summed E-state index contributed by atoms with van der Waals surface area (Å²) in [5.74, 6) is 1.97.